The zero-order chi connectivity index (χ0) is 23.3. The molecule has 5 N–H and O–H groups in total. The zero-order valence-corrected chi connectivity index (χ0v) is 18.2. The largest absolute Gasteiger partial charge is 0.480 e. The van der Waals surface area contributed by atoms with Gasteiger partial charge in [0.25, 0.3) is 5.91 Å². The van der Waals surface area contributed by atoms with E-state index in [0.717, 1.165) is 5.56 Å². The van der Waals surface area contributed by atoms with Gasteiger partial charge in [-0.15, -0.1) is 0 Å². The van der Waals surface area contributed by atoms with E-state index >= 15 is 0 Å². The molecule has 166 valence electrons. The van der Waals surface area contributed by atoms with Gasteiger partial charge >= 0.3 is 12.0 Å². The molecule has 2 aromatic carbocycles. The molecule has 1 aromatic heterocycles. The van der Waals surface area contributed by atoms with E-state index in [2.05, 4.69) is 20.9 Å². The number of anilines is 2. The van der Waals surface area contributed by atoms with Crippen LogP contribution < -0.4 is 16.0 Å². The summed E-state index contributed by atoms with van der Waals surface area (Å²) in [4.78, 5) is 38.8. The Morgan fingerprint density at radius 2 is 1.44 bits per heavy atom. The van der Waals surface area contributed by atoms with E-state index in [1.165, 1.54) is 0 Å². The lowest BCUT2D eigenvalue weighted by Gasteiger charge is -2.17. The van der Waals surface area contributed by atoms with Gasteiger partial charge in [0, 0.05) is 22.1 Å². The van der Waals surface area contributed by atoms with Gasteiger partial charge in [0.1, 0.15) is 11.7 Å². The van der Waals surface area contributed by atoms with Crippen LogP contribution in [0, 0.1) is 5.92 Å². The summed E-state index contributed by atoms with van der Waals surface area (Å²) in [5.74, 6) is -1.82. The molecule has 0 saturated carbocycles. The lowest BCUT2D eigenvalue weighted by molar-refractivity contribution is -0.140. The molecular formula is C23H23ClN4O4. The number of aromatic amines is 1. The highest BCUT2D eigenvalue weighted by molar-refractivity contribution is 6.30. The number of benzene rings is 2. The number of urea groups is 1. The quantitative estimate of drug-likeness (QED) is 0.351. The van der Waals surface area contributed by atoms with Crippen molar-refractivity contribution in [1.29, 1.82) is 0 Å². The predicted octanol–water partition coefficient (Wildman–Crippen LogP) is 4.82. The van der Waals surface area contributed by atoms with E-state index in [1.54, 1.807) is 74.5 Å². The average Bonchev–Trinajstić information content (AvgIpc) is 3.24. The summed E-state index contributed by atoms with van der Waals surface area (Å²) in [6.45, 7) is 3.45. The Hall–Kier alpha value is -3.78. The Kier molecular flexibility index (Phi) is 7.17. The number of carbonyl (C=O) groups is 3. The lowest BCUT2D eigenvalue weighted by Crippen LogP contribution is -2.44. The highest BCUT2D eigenvalue weighted by atomic mass is 35.5. The number of amides is 3. The van der Waals surface area contributed by atoms with E-state index < -0.39 is 23.9 Å². The van der Waals surface area contributed by atoms with Crippen LogP contribution in [0.25, 0.3) is 11.3 Å². The molecule has 0 aliphatic heterocycles. The van der Waals surface area contributed by atoms with E-state index in [-0.39, 0.29) is 11.6 Å². The van der Waals surface area contributed by atoms with Crippen molar-refractivity contribution in [3.63, 3.8) is 0 Å². The highest BCUT2D eigenvalue weighted by Crippen LogP contribution is 2.21. The fraction of sp³-hybridized carbons (Fsp3) is 0.174. The van der Waals surface area contributed by atoms with Crippen molar-refractivity contribution in [3.05, 3.63) is 71.4 Å². The number of carboxylic acid groups (broad SMARTS) is 1. The van der Waals surface area contributed by atoms with E-state index in [1.807, 2.05) is 0 Å². The van der Waals surface area contributed by atoms with E-state index in [0.29, 0.717) is 22.1 Å². The number of nitrogens with one attached hydrogen (secondary N) is 4. The van der Waals surface area contributed by atoms with Crippen molar-refractivity contribution in [2.45, 2.75) is 19.9 Å². The number of H-pyrrole nitrogens is 1. The van der Waals surface area contributed by atoms with Gasteiger partial charge < -0.3 is 26.0 Å². The molecule has 0 spiro atoms. The molecular weight excluding hydrogens is 432 g/mol. The van der Waals surface area contributed by atoms with Gasteiger partial charge in [0.2, 0.25) is 0 Å². The van der Waals surface area contributed by atoms with Crippen molar-refractivity contribution >= 4 is 40.9 Å². The minimum atomic E-state index is -1.08. The molecule has 3 amide bonds. The van der Waals surface area contributed by atoms with Gasteiger partial charge in [-0.3, -0.25) is 4.79 Å². The number of carboxylic acids is 1. The Morgan fingerprint density at radius 3 is 1.97 bits per heavy atom. The zero-order valence-electron chi connectivity index (χ0n) is 17.5. The smallest absolute Gasteiger partial charge is 0.326 e. The third-order valence-corrected chi connectivity index (χ3v) is 4.96. The van der Waals surface area contributed by atoms with Crippen LogP contribution in [0.4, 0.5) is 16.2 Å². The third-order valence-electron chi connectivity index (χ3n) is 4.71. The van der Waals surface area contributed by atoms with Crippen LogP contribution in [-0.4, -0.2) is 34.0 Å². The monoisotopic (exact) mass is 454 g/mol. The molecule has 8 nitrogen and oxygen atoms in total. The number of aliphatic carboxylic acids is 1. The Balaban J connectivity index is 1.62. The molecule has 0 fully saturated rings. The first-order chi connectivity index (χ1) is 15.2. The fourth-order valence-electron chi connectivity index (χ4n) is 2.99. The Bertz CT molecular complexity index is 1110. The van der Waals surface area contributed by atoms with Crippen molar-refractivity contribution in [2.24, 2.45) is 5.92 Å². The summed E-state index contributed by atoms with van der Waals surface area (Å²) in [6, 6.07) is 15.8. The number of rotatable bonds is 7. The second-order valence-corrected chi connectivity index (χ2v) is 7.92. The van der Waals surface area contributed by atoms with Gasteiger partial charge in [-0.1, -0.05) is 37.6 Å². The lowest BCUT2D eigenvalue weighted by atomic mass is 10.0. The summed E-state index contributed by atoms with van der Waals surface area (Å²) in [5, 5.41) is 17.8. The van der Waals surface area contributed by atoms with Gasteiger partial charge in [0.15, 0.2) is 0 Å². The Labute approximate surface area is 190 Å². The summed E-state index contributed by atoms with van der Waals surface area (Å²) < 4.78 is 0. The maximum absolute atomic E-state index is 12.4. The van der Waals surface area contributed by atoms with Crippen LogP contribution >= 0.6 is 11.6 Å². The van der Waals surface area contributed by atoms with Crippen molar-refractivity contribution < 1.29 is 19.5 Å². The van der Waals surface area contributed by atoms with Crippen molar-refractivity contribution in [2.75, 3.05) is 10.6 Å². The third kappa shape index (κ3) is 5.89. The van der Waals surface area contributed by atoms with Crippen molar-refractivity contribution in [3.8, 4) is 11.3 Å². The number of hydrogen-bond acceptors (Lipinski definition) is 3. The van der Waals surface area contributed by atoms with E-state index in [4.69, 9.17) is 11.6 Å². The minimum absolute atomic E-state index is 0.247. The number of hydrogen-bond donors (Lipinski definition) is 5. The standard InChI is InChI=1S/C23H23ClN4O4/c1-13(2)20(22(30)31)28-21(29)19-12-11-18(27-19)14-3-7-16(8-4-14)25-23(32)26-17-9-5-15(24)6-10-17/h3-13,20,27H,1-2H3,(H,28,29)(H,30,31)(H2,25,26,32)/t20-/m0/s1. The number of halogens is 1. The maximum atomic E-state index is 12.4. The number of carbonyl (C=O) groups excluding carboxylic acids is 2. The first-order valence-electron chi connectivity index (χ1n) is 9.89. The summed E-state index contributed by atoms with van der Waals surface area (Å²) in [7, 11) is 0. The maximum Gasteiger partial charge on any atom is 0.326 e. The molecule has 0 aliphatic carbocycles. The molecule has 9 heteroatoms. The molecule has 1 atom stereocenters. The summed E-state index contributed by atoms with van der Waals surface area (Å²) >= 11 is 5.83. The van der Waals surface area contributed by atoms with Crippen LogP contribution in [0.1, 0.15) is 24.3 Å². The fourth-order valence-corrected chi connectivity index (χ4v) is 3.11. The molecule has 0 unspecified atom stereocenters. The van der Waals surface area contributed by atoms with Gasteiger partial charge in [-0.2, -0.15) is 0 Å². The highest BCUT2D eigenvalue weighted by Gasteiger charge is 2.24. The number of aromatic nitrogens is 1. The van der Waals surface area contributed by atoms with E-state index in [9.17, 15) is 19.5 Å². The molecule has 32 heavy (non-hydrogen) atoms. The summed E-state index contributed by atoms with van der Waals surface area (Å²) in [6.07, 6.45) is 0. The SMILES string of the molecule is CC(C)[C@H](NC(=O)c1ccc(-c2ccc(NC(=O)Nc3ccc(Cl)cc3)cc2)[nH]1)C(=O)O. The van der Waals surface area contributed by atoms with Gasteiger partial charge in [-0.25, -0.2) is 9.59 Å². The molecule has 0 bridgehead atoms. The Morgan fingerprint density at radius 1 is 0.875 bits per heavy atom. The van der Waals surface area contributed by atoms with Crippen LogP contribution in [0.15, 0.2) is 60.7 Å². The first-order valence-corrected chi connectivity index (χ1v) is 10.3. The topological polar surface area (TPSA) is 123 Å². The average molecular weight is 455 g/mol. The normalized spacial score (nSPS) is 11.6. The first kappa shape index (κ1) is 22.9. The molecule has 0 radical (unpaired) electrons. The predicted molar refractivity (Wildman–Crippen MR) is 124 cm³/mol. The summed E-state index contributed by atoms with van der Waals surface area (Å²) in [5.41, 5.74) is 2.95. The second-order valence-electron chi connectivity index (χ2n) is 7.48. The second kappa shape index (κ2) is 10.0. The van der Waals surface area contributed by atoms with Gasteiger partial charge in [0.05, 0.1) is 0 Å². The van der Waals surface area contributed by atoms with Crippen molar-refractivity contribution in [1.82, 2.24) is 10.3 Å². The van der Waals surface area contributed by atoms with Crippen LogP contribution in [0.5, 0.6) is 0 Å². The molecule has 0 saturated heterocycles. The molecule has 1 heterocycles. The minimum Gasteiger partial charge on any atom is -0.480 e. The molecule has 3 aromatic rings. The van der Waals surface area contributed by atoms with Crippen LogP contribution in [0.2, 0.25) is 5.02 Å². The van der Waals surface area contributed by atoms with Gasteiger partial charge in [-0.05, 0) is 60.0 Å². The van der Waals surface area contributed by atoms with Crippen LogP contribution in [-0.2, 0) is 4.79 Å². The molecule has 0 aliphatic rings. The molecule has 3 rings (SSSR count). The van der Waals surface area contributed by atoms with Crippen LogP contribution in [0.3, 0.4) is 0 Å².